The van der Waals surface area contributed by atoms with E-state index in [0.29, 0.717) is 0 Å². The highest BCUT2D eigenvalue weighted by Crippen LogP contribution is 2.39. The number of aliphatic hydroxyl groups excluding tert-OH is 1. The van der Waals surface area contributed by atoms with Crippen molar-refractivity contribution in [3.8, 4) is 0 Å². The number of aliphatic hydroxyl groups is 1. The Morgan fingerprint density at radius 1 is 1.05 bits per heavy atom. The molecule has 0 spiro atoms. The van der Waals surface area contributed by atoms with Gasteiger partial charge in [0.15, 0.2) is 0 Å². The first kappa shape index (κ1) is 15.5. The van der Waals surface area contributed by atoms with E-state index in [1.54, 1.807) is 0 Å². The first-order chi connectivity index (χ1) is 10.7. The number of benzene rings is 2. The molecule has 0 bridgehead atoms. The quantitative estimate of drug-likeness (QED) is 0.593. The lowest BCUT2D eigenvalue weighted by atomic mass is 9.87. The molecule has 1 heterocycles. The molecule has 1 aromatic heterocycles. The summed E-state index contributed by atoms with van der Waals surface area (Å²) in [4.78, 5) is 0.941. The summed E-state index contributed by atoms with van der Waals surface area (Å²) in [5.74, 6) is 0.101. The van der Waals surface area contributed by atoms with E-state index in [0.717, 1.165) is 22.1 Å². The van der Waals surface area contributed by atoms with Crippen molar-refractivity contribution in [3.05, 3.63) is 69.4 Å². The standard InChI is InChI=1S/C19H19ClOS/c1-2-5-16(19(21)17-10-11-18(20)22-17)15-9-8-13-6-3-4-7-14(13)12-15/h3-4,6-12,16,19,21H,2,5H2,1H3/t16-,19+/m1/s1. The van der Waals surface area contributed by atoms with Crippen LogP contribution in [0.3, 0.4) is 0 Å². The van der Waals surface area contributed by atoms with Gasteiger partial charge in [-0.3, -0.25) is 0 Å². The van der Waals surface area contributed by atoms with E-state index in [4.69, 9.17) is 11.6 Å². The van der Waals surface area contributed by atoms with Crippen molar-refractivity contribution in [1.82, 2.24) is 0 Å². The molecule has 2 atom stereocenters. The van der Waals surface area contributed by atoms with Gasteiger partial charge in [0.1, 0.15) is 0 Å². The van der Waals surface area contributed by atoms with Gasteiger partial charge in [0.2, 0.25) is 0 Å². The van der Waals surface area contributed by atoms with Gasteiger partial charge in [0.05, 0.1) is 10.4 Å². The number of halogens is 1. The highest BCUT2D eigenvalue weighted by molar-refractivity contribution is 7.16. The minimum atomic E-state index is -0.501. The highest BCUT2D eigenvalue weighted by Gasteiger charge is 2.23. The summed E-state index contributed by atoms with van der Waals surface area (Å²) in [7, 11) is 0. The molecule has 1 nitrogen and oxygen atoms in total. The molecule has 3 aromatic rings. The molecular formula is C19H19ClOS. The zero-order valence-electron chi connectivity index (χ0n) is 12.5. The molecule has 0 saturated carbocycles. The van der Waals surface area contributed by atoms with Gasteiger partial charge < -0.3 is 5.11 Å². The van der Waals surface area contributed by atoms with Crippen LogP contribution in [0.25, 0.3) is 10.8 Å². The Balaban J connectivity index is 1.97. The third-order valence-corrected chi connectivity index (χ3v) is 5.37. The zero-order chi connectivity index (χ0) is 15.5. The van der Waals surface area contributed by atoms with Gasteiger partial charge in [0, 0.05) is 10.8 Å². The monoisotopic (exact) mass is 330 g/mol. The van der Waals surface area contributed by atoms with Gasteiger partial charge in [-0.2, -0.15) is 0 Å². The summed E-state index contributed by atoms with van der Waals surface area (Å²) >= 11 is 7.48. The average Bonchev–Trinajstić information content (AvgIpc) is 2.98. The Morgan fingerprint density at radius 3 is 2.50 bits per heavy atom. The van der Waals surface area contributed by atoms with Crippen molar-refractivity contribution in [1.29, 1.82) is 0 Å². The lowest BCUT2D eigenvalue weighted by Crippen LogP contribution is -2.10. The normalized spacial score (nSPS) is 14.1. The smallest absolute Gasteiger partial charge is 0.0950 e. The van der Waals surface area contributed by atoms with E-state index in [9.17, 15) is 5.11 Å². The highest BCUT2D eigenvalue weighted by atomic mass is 35.5. The molecule has 0 aliphatic carbocycles. The fourth-order valence-corrected chi connectivity index (χ4v) is 4.05. The minimum absolute atomic E-state index is 0.101. The summed E-state index contributed by atoms with van der Waals surface area (Å²) in [6.45, 7) is 2.15. The number of hydrogen-bond acceptors (Lipinski definition) is 2. The van der Waals surface area contributed by atoms with Crippen LogP contribution in [0.2, 0.25) is 4.34 Å². The molecule has 0 aliphatic rings. The maximum atomic E-state index is 10.8. The predicted octanol–water partition coefficient (Wildman–Crippen LogP) is 6.17. The van der Waals surface area contributed by atoms with Gasteiger partial charge >= 0.3 is 0 Å². The maximum Gasteiger partial charge on any atom is 0.0950 e. The van der Waals surface area contributed by atoms with Crippen LogP contribution in [0.1, 0.15) is 42.2 Å². The fourth-order valence-electron chi connectivity index (χ4n) is 2.94. The van der Waals surface area contributed by atoms with Gasteiger partial charge in [-0.25, -0.2) is 0 Å². The number of thiophene rings is 1. The second-order valence-corrected chi connectivity index (χ2v) is 7.34. The summed E-state index contributed by atoms with van der Waals surface area (Å²) in [6, 6.07) is 18.6. The van der Waals surface area contributed by atoms with E-state index in [1.165, 1.54) is 27.7 Å². The summed E-state index contributed by atoms with van der Waals surface area (Å²) in [5, 5.41) is 13.3. The summed E-state index contributed by atoms with van der Waals surface area (Å²) in [6.07, 6.45) is 1.49. The second-order valence-electron chi connectivity index (χ2n) is 5.59. The molecule has 0 saturated heterocycles. The van der Waals surface area contributed by atoms with E-state index in [2.05, 4.69) is 43.3 Å². The SMILES string of the molecule is CCC[C@H](c1ccc2ccccc2c1)[C@H](O)c1ccc(Cl)s1. The Kier molecular flexibility index (Phi) is 4.82. The second kappa shape index (κ2) is 6.82. The number of hydrogen-bond donors (Lipinski definition) is 1. The Bertz CT molecular complexity index is 765. The van der Waals surface area contributed by atoms with Crippen LogP contribution in [0.5, 0.6) is 0 Å². The van der Waals surface area contributed by atoms with Crippen molar-refractivity contribution in [2.75, 3.05) is 0 Å². The Hall–Kier alpha value is -1.35. The molecule has 0 radical (unpaired) electrons. The fraction of sp³-hybridized carbons (Fsp3) is 0.263. The summed E-state index contributed by atoms with van der Waals surface area (Å²) < 4.78 is 0.725. The van der Waals surface area contributed by atoms with Crippen molar-refractivity contribution >= 4 is 33.7 Å². The van der Waals surface area contributed by atoms with Crippen LogP contribution < -0.4 is 0 Å². The predicted molar refractivity (Wildman–Crippen MR) is 95.9 cm³/mol. The number of rotatable bonds is 5. The van der Waals surface area contributed by atoms with Crippen molar-refractivity contribution in [2.45, 2.75) is 31.8 Å². The lowest BCUT2D eigenvalue weighted by molar-refractivity contribution is 0.143. The van der Waals surface area contributed by atoms with Crippen LogP contribution in [-0.2, 0) is 0 Å². The molecule has 3 heteroatoms. The van der Waals surface area contributed by atoms with E-state index < -0.39 is 6.10 Å². The zero-order valence-corrected chi connectivity index (χ0v) is 14.1. The minimum Gasteiger partial charge on any atom is -0.387 e. The van der Waals surface area contributed by atoms with Crippen LogP contribution in [-0.4, -0.2) is 5.11 Å². The van der Waals surface area contributed by atoms with Gasteiger partial charge in [-0.05, 0) is 34.9 Å². The average molecular weight is 331 g/mol. The molecule has 114 valence electrons. The lowest BCUT2D eigenvalue weighted by Gasteiger charge is -2.22. The molecule has 1 N–H and O–H groups in total. The van der Waals surface area contributed by atoms with Crippen LogP contribution in [0.4, 0.5) is 0 Å². The third kappa shape index (κ3) is 3.19. The topological polar surface area (TPSA) is 20.2 Å². The Morgan fingerprint density at radius 2 is 1.82 bits per heavy atom. The first-order valence-electron chi connectivity index (χ1n) is 7.61. The Labute approximate surface area is 140 Å². The van der Waals surface area contributed by atoms with Crippen LogP contribution >= 0.6 is 22.9 Å². The number of fused-ring (bicyclic) bond motifs is 1. The largest absolute Gasteiger partial charge is 0.387 e. The van der Waals surface area contributed by atoms with E-state index >= 15 is 0 Å². The molecule has 0 unspecified atom stereocenters. The molecule has 22 heavy (non-hydrogen) atoms. The van der Waals surface area contributed by atoms with E-state index in [-0.39, 0.29) is 5.92 Å². The van der Waals surface area contributed by atoms with Gasteiger partial charge in [0.25, 0.3) is 0 Å². The first-order valence-corrected chi connectivity index (χ1v) is 8.80. The third-order valence-electron chi connectivity index (χ3n) is 4.07. The van der Waals surface area contributed by atoms with Crippen molar-refractivity contribution < 1.29 is 5.11 Å². The maximum absolute atomic E-state index is 10.8. The van der Waals surface area contributed by atoms with Gasteiger partial charge in [-0.15, -0.1) is 11.3 Å². The van der Waals surface area contributed by atoms with Crippen LogP contribution in [0.15, 0.2) is 54.6 Å². The molecule has 0 aliphatic heterocycles. The van der Waals surface area contributed by atoms with Gasteiger partial charge in [-0.1, -0.05) is 67.4 Å². The molecular weight excluding hydrogens is 312 g/mol. The molecule has 3 rings (SSSR count). The molecule has 2 aromatic carbocycles. The van der Waals surface area contributed by atoms with Crippen LogP contribution in [0, 0.1) is 0 Å². The van der Waals surface area contributed by atoms with E-state index in [1.807, 2.05) is 18.2 Å². The van der Waals surface area contributed by atoms with Crippen molar-refractivity contribution in [2.24, 2.45) is 0 Å². The summed E-state index contributed by atoms with van der Waals surface area (Å²) in [5.41, 5.74) is 1.19. The molecule has 0 fully saturated rings. The van der Waals surface area contributed by atoms with Crippen molar-refractivity contribution in [3.63, 3.8) is 0 Å². The molecule has 0 amide bonds.